The van der Waals surface area contributed by atoms with E-state index in [1.165, 1.54) is 0 Å². The van der Waals surface area contributed by atoms with E-state index in [0.717, 1.165) is 10.2 Å². The van der Waals surface area contributed by atoms with Gasteiger partial charge in [-0.25, -0.2) is 0 Å². The Kier molecular flexibility index (Phi) is 4.37. The van der Waals surface area contributed by atoms with Gasteiger partial charge in [0.1, 0.15) is 11.6 Å². The van der Waals surface area contributed by atoms with Crippen LogP contribution in [0.2, 0.25) is 0 Å². The first-order valence-corrected chi connectivity index (χ1v) is 7.71. The molecule has 0 radical (unpaired) electrons. The zero-order valence-electron chi connectivity index (χ0n) is 13.6. The number of carbonyl (C=O) groups excluding carboxylic acids is 1. The summed E-state index contributed by atoms with van der Waals surface area (Å²) in [7, 11) is 1.71. The molecule has 6 heteroatoms. The number of aromatic nitrogens is 3. The Morgan fingerprint density at radius 3 is 2.54 bits per heavy atom. The minimum absolute atomic E-state index is 0.189. The first-order chi connectivity index (χ1) is 11.6. The van der Waals surface area contributed by atoms with E-state index in [2.05, 4.69) is 10.3 Å². The molecule has 2 aromatic carbocycles. The van der Waals surface area contributed by atoms with Crippen LogP contribution >= 0.6 is 0 Å². The third-order valence-corrected chi connectivity index (χ3v) is 3.95. The lowest BCUT2D eigenvalue weighted by Gasteiger charge is -2.21. The standard InChI is InChI=1S/C18H18N4O2/c1-13(17(23)21(2)12-14-8-4-3-5-9-14)22-18(24)15-10-6-7-11-16(15)19-20-22/h3-11,13H,12H2,1-2H3. The molecular weight excluding hydrogens is 304 g/mol. The molecule has 0 aliphatic heterocycles. The van der Waals surface area contributed by atoms with Crippen molar-refractivity contribution in [2.45, 2.75) is 19.5 Å². The fraction of sp³-hybridized carbons (Fsp3) is 0.222. The topological polar surface area (TPSA) is 68.1 Å². The van der Waals surface area contributed by atoms with Crippen LogP contribution in [-0.4, -0.2) is 32.8 Å². The van der Waals surface area contributed by atoms with Crippen LogP contribution in [0.15, 0.2) is 59.4 Å². The lowest BCUT2D eigenvalue weighted by atomic mass is 10.2. The zero-order chi connectivity index (χ0) is 17.1. The van der Waals surface area contributed by atoms with E-state index in [4.69, 9.17) is 0 Å². The minimum atomic E-state index is -0.719. The van der Waals surface area contributed by atoms with Crippen molar-refractivity contribution >= 4 is 16.8 Å². The average Bonchev–Trinajstić information content (AvgIpc) is 2.62. The van der Waals surface area contributed by atoms with Crippen molar-refractivity contribution in [2.24, 2.45) is 0 Å². The summed E-state index contributed by atoms with van der Waals surface area (Å²) in [5, 5.41) is 8.41. The number of hydrogen-bond donors (Lipinski definition) is 0. The van der Waals surface area contributed by atoms with Crippen LogP contribution in [0.25, 0.3) is 10.9 Å². The van der Waals surface area contributed by atoms with Crippen molar-refractivity contribution in [1.29, 1.82) is 0 Å². The van der Waals surface area contributed by atoms with Gasteiger partial charge < -0.3 is 4.90 Å². The van der Waals surface area contributed by atoms with Crippen LogP contribution in [0.4, 0.5) is 0 Å². The summed E-state index contributed by atoms with van der Waals surface area (Å²) in [5.41, 5.74) is 1.24. The molecule has 1 aromatic heterocycles. The number of carbonyl (C=O) groups is 1. The summed E-state index contributed by atoms with van der Waals surface area (Å²) >= 11 is 0. The molecule has 3 rings (SSSR count). The van der Waals surface area contributed by atoms with Gasteiger partial charge in [-0.2, -0.15) is 4.68 Å². The molecule has 24 heavy (non-hydrogen) atoms. The molecule has 0 saturated carbocycles. The van der Waals surface area contributed by atoms with Gasteiger partial charge in [0, 0.05) is 13.6 Å². The van der Waals surface area contributed by atoms with Gasteiger partial charge in [0.2, 0.25) is 5.91 Å². The van der Waals surface area contributed by atoms with Crippen LogP contribution in [-0.2, 0) is 11.3 Å². The van der Waals surface area contributed by atoms with Crippen LogP contribution in [0, 0.1) is 0 Å². The van der Waals surface area contributed by atoms with Crippen LogP contribution in [0.5, 0.6) is 0 Å². The fourth-order valence-corrected chi connectivity index (χ4v) is 2.61. The molecule has 1 heterocycles. The molecule has 3 aromatic rings. The van der Waals surface area contributed by atoms with Crippen LogP contribution in [0.3, 0.4) is 0 Å². The lowest BCUT2D eigenvalue weighted by Crippen LogP contribution is -2.38. The highest BCUT2D eigenvalue weighted by Crippen LogP contribution is 2.11. The molecule has 1 amide bonds. The smallest absolute Gasteiger partial charge is 0.278 e. The van der Waals surface area contributed by atoms with Crippen molar-refractivity contribution in [3.05, 3.63) is 70.5 Å². The molecule has 0 N–H and O–H groups in total. The first kappa shape index (κ1) is 15.9. The Bertz CT molecular complexity index is 921. The summed E-state index contributed by atoms with van der Waals surface area (Å²) < 4.78 is 1.14. The first-order valence-electron chi connectivity index (χ1n) is 7.71. The summed E-state index contributed by atoms with van der Waals surface area (Å²) in [6.45, 7) is 2.13. The fourth-order valence-electron chi connectivity index (χ4n) is 2.61. The van der Waals surface area contributed by atoms with Gasteiger partial charge in [-0.1, -0.05) is 47.7 Å². The molecule has 0 spiro atoms. The SMILES string of the molecule is CC(C(=O)N(C)Cc1ccccc1)n1nnc2ccccc2c1=O. The van der Waals surface area contributed by atoms with Gasteiger partial charge in [-0.05, 0) is 24.6 Å². The average molecular weight is 322 g/mol. The Morgan fingerprint density at radius 1 is 1.12 bits per heavy atom. The molecule has 0 bridgehead atoms. The van der Waals surface area contributed by atoms with Crippen molar-refractivity contribution in [3.63, 3.8) is 0 Å². The molecule has 122 valence electrons. The predicted octanol–water partition coefficient (Wildman–Crippen LogP) is 2.01. The second-order valence-electron chi connectivity index (χ2n) is 5.71. The highest BCUT2D eigenvalue weighted by Gasteiger charge is 2.22. The van der Waals surface area contributed by atoms with E-state index in [1.807, 2.05) is 30.3 Å². The molecule has 6 nitrogen and oxygen atoms in total. The maximum Gasteiger partial charge on any atom is 0.278 e. The van der Waals surface area contributed by atoms with Crippen molar-refractivity contribution in [2.75, 3.05) is 7.05 Å². The Hall–Kier alpha value is -3.02. The molecule has 1 atom stereocenters. The van der Waals surface area contributed by atoms with Gasteiger partial charge >= 0.3 is 0 Å². The van der Waals surface area contributed by atoms with E-state index in [1.54, 1.807) is 43.1 Å². The van der Waals surface area contributed by atoms with E-state index < -0.39 is 6.04 Å². The summed E-state index contributed by atoms with van der Waals surface area (Å²) in [6, 6.07) is 15.9. The highest BCUT2D eigenvalue weighted by molar-refractivity contribution is 5.81. The third-order valence-electron chi connectivity index (χ3n) is 3.95. The summed E-state index contributed by atoms with van der Waals surface area (Å²) in [6.07, 6.45) is 0. The van der Waals surface area contributed by atoms with Gasteiger partial charge in [0.05, 0.1) is 5.39 Å². The number of amides is 1. The van der Waals surface area contributed by atoms with E-state index in [9.17, 15) is 9.59 Å². The molecular formula is C18H18N4O2. The molecule has 0 saturated heterocycles. The van der Waals surface area contributed by atoms with Crippen molar-refractivity contribution in [1.82, 2.24) is 19.9 Å². The Balaban J connectivity index is 1.85. The lowest BCUT2D eigenvalue weighted by molar-refractivity contribution is -0.133. The van der Waals surface area contributed by atoms with Gasteiger partial charge in [0.15, 0.2) is 0 Å². The highest BCUT2D eigenvalue weighted by atomic mass is 16.2. The largest absolute Gasteiger partial charge is 0.340 e. The second kappa shape index (κ2) is 6.62. The maximum absolute atomic E-state index is 12.6. The monoisotopic (exact) mass is 322 g/mol. The number of rotatable bonds is 4. The van der Waals surface area contributed by atoms with Gasteiger partial charge in [0.25, 0.3) is 5.56 Å². The number of nitrogens with zero attached hydrogens (tertiary/aromatic N) is 4. The maximum atomic E-state index is 12.6. The molecule has 0 aliphatic rings. The van der Waals surface area contributed by atoms with Gasteiger partial charge in [-0.15, -0.1) is 5.10 Å². The van der Waals surface area contributed by atoms with Crippen LogP contribution < -0.4 is 5.56 Å². The number of fused-ring (bicyclic) bond motifs is 1. The van der Waals surface area contributed by atoms with E-state index in [0.29, 0.717) is 17.4 Å². The van der Waals surface area contributed by atoms with Gasteiger partial charge in [-0.3, -0.25) is 9.59 Å². The molecule has 1 unspecified atom stereocenters. The Morgan fingerprint density at radius 2 is 1.79 bits per heavy atom. The molecule has 0 fully saturated rings. The van der Waals surface area contributed by atoms with E-state index >= 15 is 0 Å². The Labute approximate surface area is 139 Å². The minimum Gasteiger partial charge on any atom is -0.340 e. The van der Waals surface area contributed by atoms with Crippen LogP contribution in [0.1, 0.15) is 18.5 Å². The quantitative estimate of drug-likeness (QED) is 0.737. The number of likely N-dealkylation sites (N-methyl/N-ethyl adjacent to an activating group) is 1. The predicted molar refractivity (Wildman–Crippen MR) is 91.4 cm³/mol. The second-order valence-corrected chi connectivity index (χ2v) is 5.71. The van der Waals surface area contributed by atoms with E-state index in [-0.39, 0.29) is 11.5 Å². The third kappa shape index (κ3) is 3.03. The number of hydrogen-bond acceptors (Lipinski definition) is 4. The molecule has 0 aliphatic carbocycles. The van der Waals surface area contributed by atoms with Crippen molar-refractivity contribution < 1.29 is 4.79 Å². The normalized spacial score (nSPS) is 12.1. The zero-order valence-corrected chi connectivity index (χ0v) is 13.6. The van der Waals surface area contributed by atoms with Crippen molar-refractivity contribution in [3.8, 4) is 0 Å². The number of benzene rings is 2. The summed E-state index contributed by atoms with van der Waals surface area (Å²) in [4.78, 5) is 26.8. The summed E-state index contributed by atoms with van der Waals surface area (Å²) in [5.74, 6) is -0.189.